The number of carbonyl (C=O) groups excluding carboxylic acids is 3. The van der Waals surface area contributed by atoms with Gasteiger partial charge in [0.2, 0.25) is 11.8 Å². The maximum atomic E-state index is 12.0. The molecule has 0 radical (unpaired) electrons. The van der Waals surface area contributed by atoms with Crippen molar-refractivity contribution in [1.82, 2.24) is 16.0 Å². The SMILES string of the molecule is COCCNCCNC(=O)c1ccc(CC2CC(=O)NC2=O)cc1.Cl. The van der Waals surface area contributed by atoms with E-state index in [4.69, 9.17) is 4.74 Å². The molecule has 1 heterocycles. The van der Waals surface area contributed by atoms with Gasteiger partial charge in [0.1, 0.15) is 0 Å². The Labute approximate surface area is 153 Å². The molecule has 1 unspecified atom stereocenters. The van der Waals surface area contributed by atoms with Crippen molar-refractivity contribution in [3.8, 4) is 0 Å². The molecule has 0 aliphatic carbocycles. The molecule has 1 aromatic carbocycles. The van der Waals surface area contributed by atoms with Crippen LogP contribution >= 0.6 is 12.4 Å². The van der Waals surface area contributed by atoms with E-state index in [1.165, 1.54) is 0 Å². The number of halogens is 1. The zero-order chi connectivity index (χ0) is 17.4. The second-order valence-electron chi connectivity index (χ2n) is 5.71. The first-order valence-corrected chi connectivity index (χ1v) is 8.00. The van der Waals surface area contributed by atoms with Crippen LogP contribution in [0.4, 0.5) is 0 Å². The lowest BCUT2D eigenvalue weighted by Gasteiger charge is -2.08. The molecule has 1 aliphatic rings. The Morgan fingerprint density at radius 1 is 1.20 bits per heavy atom. The molecule has 138 valence electrons. The molecule has 1 aromatic rings. The summed E-state index contributed by atoms with van der Waals surface area (Å²) in [6.07, 6.45) is 0.736. The minimum atomic E-state index is -0.310. The molecule has 8 heteroatoms. The number of hydrogen-bond donors (Lipinski definition) is 3. The first-order valence-electron chi connectivity index (χ1n) is 8.00. The van der Waals surface area contributed by atoms with Crippen molar-refractivity contribution >= 4 is 30.1 Å². The molecule has 1 atom stereocenters. The lowest BCUT2D eigenvalue weighted by molar-refractivity contribution is -0.125. The largest absolute Gasteiger partial charge is 0.383 e. The second kappa shape index (κ2) is 10.8. The van der Waals surface area contributed by atoms with Gasteiger partial charge in [-0.25, -0.2) is 0 Å². The van der Waals surface area contributed by atoms with Gasteiger partial charge in [-0.3, -0.25) is 19.7 Å². The van der Waals surface area contributed by atoms with Crippen molar-refractivity contribution in [3.05, 3.63) is 35.4 Å². The van der Waals surface area contributed by atoms with Crippen molar-refractivity contribution in [1.29, 1.82) is 0 Å². The molecule has 3 amide bonds. The summed E-state index contributed by atoms with van der Waals surface area (Å²) >= 11 is 0. The van der Waals surface area contributed by atoms with Gasteiger partial charge in [0, 0.05) is 38.7 Å². The summed E-state index contributed by atoms with van der Waals surface area (Å²) < 4.78 is 4.92. The molecular weight excluding hydrogens is 346 g/mol. The fourth-order valence-electron chi connectivity index (χ4n) is 2.51. The molecule has 3 N–H and O–H groups in total. The summed E-state index contributed by atoms with van der Waals surface area (Å²) in [7, 11) is 1.64. The Kier molecular flexibility index (Phi) is 9.12. The molecular formula is C17H24ClN3O4. The fourth-order valence-corrected chi connectivity index (χ4v) is 2.51. The Bertz CT molecular complexity index is 592. The normalized spacial score (nSPS) is 16.3. The molecule has 0 aromatic heterocycles. The lowest BCUT2D eigenvalue weighted by Crippen LogP contribution is -2.33. The predicted molar refractivity (Wildman–Crippen MR) is 95.7 cm³/mol. The van der Waals surface area contributed by atoms with E-state index in [1.54, 1.807) is 19.2 Å². The summed E-state index contributed by atoms with van der Waals surface area (Å²) in [5.74, 6) is -0.887. The van der Waals surface area contributed by atoms with E-state index in [1.807, 2.05) is 12.1 Å². The van der Waals surface area contributed by atoms with Crippen molar-refractivity contribution in [2.75, 3.05) is 33.4 Å². The monoisotopic (exact) mass is 369 g/mol. The van der Waals surface area contributed by atoms with Crippen LogP contribution in [-0.4, -0.2) is 51.1 Å². The summed E-state index contributed by atoms with van der Waals surface area (Å²) in [4.78, 5) is 34.8. The molecule has 25 heavy (non-hydrogen) atoms. The van der Waals surface area contributed by atoms with E-state index in [-0.39, 0.29) is 42.5 Å². The smallest absolute Gasteiger partial charge is 0.251 e. The van der Waals surface area contributed by atoms with Crippen LogP contribution in [0.2, 0.25) is 0 Å². The van der Waals surface area contributed by atoms with E-state index in [9.17, 15) is 14.4 Å². The Hall–Kier alpha value is -1.96. The van der Waals surface area contributed by atoms with Crippen LogP contribution in [-0.2, 0) is 20.7 Å². The molecule has 1 aliphatic heterocycles. The van der Waals surface area contributed by atoms with Crippen molar-refractivity contribution < 1.29 is 19.1 Å². The second-order valence-corrected chi connectivity index (χ2v) is 5.71. The standard InChI is InChI=1S/C17H23N3O4.ClH/c1-24-9-8-18-6-7-19-16(22)13-4-2-12(3-5-13)10-14-11-15(21)20-17(14)23;/h2-5,14,18H,6-11H2,1H3,(H,19,22)(H,20,21,23);1H. The molecule has 2 rings (SSSR count). The average molecular weight is 370 g/mol. The van der Waals surface area contributed by atoms with Gasteiger partial charge in [0.25, 0.3) is 5.91 Å². The number of carbonyl (C=O) groups is 3. The van der Waals surface area contributed by atoms with Gasteiger partial charge in [0.15, 0.2) is 0 Å². The van der Waals surface area contributed by atoms with Gasteiger partial charge in [-0.1, -0.05) is 12.1 Å². The highest BCUT2D eigenvalue weighted by Crippen LogP contribution is 2.17. The van der Waals surface area contributed by atoms with Crippen molar-refractivity contribution in [3.63, 3.8) is 0 Å². The maximum absolute atomic E-state index is 12.0. The highest BCUT2D eigenvalue weighted by atomic mass is 35.5. The number of nitrogens with one attached hydrogen (secondary N) is 3. The number of amides is 3. The quantitative estimate of drug-likeness (QED) is 0.429. The van der Waals surface area contributed by atoms with Gasteiger partial charge in [0.05, 0.1) is 12.5 Å². The Morgan fingerprint density at radius 3 is 2.52 bits per heavy atom. The number of methoxy groups -OCH3 is 1. The number of rotatable bonds is 9. The van der Waals surface area contributed by atoms with E-state index in [0.717, 1.165) is 12.1 Å². The highest BCUT2D eigenvalue weighted by Gasteiger charge is 2.30. The maximum Gasteiger partial charge on any atom is 0.251 e. The lowest BCUT2D eigenvalue weighted by atomic mass is 9.97. The molecule has 1 fully saturated rings. The number of ether oxygens (including phenoxy) is 1. The van der Waals surface area contributed by atoms with Gasteiger partial charge >= 0.3 is 0 Å². The molecule has 0 bridgehead atoms. The van der Waals surface area contributed by atoms with Crippen LogP contribution in [0, 0.1) is 5.92 Å². The molecule has 0 spiro atoms. The third kappa shape index (κ3) is 6.81. The van der Waals surface area contributed by atoms with Crippen LogP contribution in [0.3, 0.4) is 0 Å². The zero-order valence-electron chi connectivity index (χ0n) is 14.2. The van der Waals surface area contributed by atoms with Crippen molar-refractivity contribution in [2.45, 2.75) is 12.8 Å². The van der Waals surface area contributed by atoms with Crippen LogP contribution in [0.5, 0.6) is 0 Å². The third-order valence-corrected chi connectivity index (χ3v) is 3.83. The summed E-state index contributed by atoms with van der Waals surface area (Å²) in [5.41, 5.74) is 1.50. The fraction of sp³-hybridized carbons (Fsp3) is 0.471. The van der Waals surface area contributed by atoms with E-state index in [2.05, 4.69) is 16.0 Å². The van der Waals surface area contributed by atoms with Crippen LogP contribution < -0.4 is 16.0 Å². The van der Waals surface area contributed by atoms with Crippen LogP contribution in [0.1, 0.15) is 22.3 Å². The number of benzene rings is 1. The minimum Gasteiger partial charge on any atom is -0.383 e. The molecule has 7 nitrogen and oxygen atoms in total. The Morgan fingerprint density at radius 2 is 1.92 bits per heavy atom. The van der Waals surface area contributed by atoms with E-state index in [0.29, 0.717) is 31.7 Å². The average Bonchev–Trinajstić information content (AvgIpc) is 2.88. The predicted octanol–water partition coefficient (Wildman–Crippen LogP) is 0.279. The van der Waals surface area contributed by atoms with E-state index >= 15 is 0 Å². The summed E-state index contributed by atoms with van der Waals surface area (Å²) in [6, 6.07) is 7.11. The van der Waals surface area contributed by atoms with E-state index < -0.39 is 0 Å². The minimum absolute atomic E-state index is 0. The van der Waals surface area contributed by atoms with Crippen molar-refractivity contribution in [2.24, 2.45) is 5.92 Å². The number of imide groups is 1. The summed E-state index contributed by atoms with van der Waals surface area (Å²) in [5, 5.41) is 8.28. The van der Waals surface area contributed by atoms with Crippen LogP contribution in [0.15, 0.2) is 24.3 Å². The van der Waals surface area contributed by atoms with Gasteiger partial charge in [-0.15, -0.1) is 12.4 Å². The topological polar surface area (TPSA) is 96.5 Å². The van der Waals surface area contributed by atoms with Crippen LogP contribution in [0.25, 0.3) is 0 Å². The molecule has 1 saturated heterocycles. The van der Waals surface area contributed by atoms with Gasteiger partial charge < -0.3 is 15.4 Å². The Balaban J connectivity index is 0.00000312. The summed E-state index contributed by atoms with van der Waals surface area (Å²) in [6.45, 7) is 2.60. The third-order valence-electron chi connectivity index (χ3n) is 3.83. The first-order chi connectivity index (χ1) is 11.6. The van der Waals surface area contributed by atoms with Gasteiger partial charge in [-0.05, 0) is 24.1 Å². The number of hydrogen-bond acceptors (Lipinski definition) is 5. The highest BCUT2D eigenvalue weighted by molar-refractivity contribution is 6.03. The molecule has 0 saturated carbocycles. The zero-order valence-corrected chi connectivity index (χ0v) is 15.0. The van der Waals surface area contributed by atoms with Gasteiger partial charge in [-0.2, -0.15) is 0 Å². The first kappa shape index (κ1) is 21.1.